The minimum absolute atomic E-state index is 0.0860. The molecule has 2 aromatic heterocycles. The molecule has 0 spiro atoms. The molecule has 0 saturated carbocycles. The smallest absolute Gasteiger partial charge is 0.254 e. The van der Waals surface area contributed by atoms with E-state index in [1.807, 2.05) is 16.2 Å². The number of amides is 1. The Bertz CT molecular complexity index is 1230. The van der Waals surface area contributed by atoms with E-state index >= 15 is 0 Å². The first kappa shape index (κ1) is 24.4. The summed E-state index contributed by atoms with van der Waals surface area (Å²) in [6.45, 7) is 6.56. The zero-order valence-corrected chi connectivity index (χ0v) is 21.5. The Hall–Kier alpha value is -3.26. The molecular weight excluding hydrogens is 468 g/mol. The number of carbonyl (C=O) groups excluding carboxylic acids is 1. The van der Waals surface area contributed by atoms with E-state index in [2.05, 4.69) is 76.4 Å². The lowest BCUT2D eigenvalue weighted by atomic mass is 10.2. The fourth-order valence-corrected chi connectivity index (χ4v) is 5.73. The van der Waals surface area contributed by atoms with Crippen molar-refractivity contribution in [1.29, 1.82) is 0 Å². The Morgan fingerprint density at radius 3 is 2.47 bits per heavy atom. The third-order valence-corrected chi connectivity index (χ3v) is 7.64. The summed E-state index contributed by atoms with van der Waals surface area (Å²) >= 11 is 1.87. The summed E-state index contributed by atoms with van der Waals surface area (Å²) in [6.07, 6.45) is 3.33. The molecule has 2 aromatic carbocycles. The van der Waals surface area contributed by atoms with Gasteiger partial charge in [-0.25, -0.2) is 0 Å². The molecule has 0 bridgehead atoms. The van der Waals surface area contributed by atoms with Crippen molar-refractivity contribution in [3.05, 3.63) is 95.1 Å². The van der Waals surface area contributed by atoms with Gasteiger partial charge in [0.2, 0.25) is 0 Å². The third kappa shape index (κ3) is 6.29. The zero-order valence-electron chi connectivity index (χ0n) is 20.7. The molecule has 0 N–H and O–H groups in total. The highest BCUT2D eigenvalue weighted by atomic mass is 32.1. The standard InChI is InChI=1S/C29H32N4O2S/c1-31(22-27-20-25-4-2-3-5-28(25)36-27)21-23-6-8-26(9-7-23)35-19-18-32-14-16-33(17-15-32)29(34)24-10-12-30-13-11-24/h2-13,20H,14-19,21-22H2,1H3. The van der Waals surface area contributed by atoms with Gasteiger partial charge in [-0.3, -0.25) is 19.6 Å². The van der Waals surface area contributed by atoms with Crippen LogP contribution in [-0.4, -0.2) is 72.0 Å². The van der Waals surface area contributed by atoms with E-state index in [1.165, 1.54) is 20.5 Å². The highest BCUT2D eigenvalue weighted by Crippen LogP contribution is 2.26. The number of aromatic nitrogens is 1. The van der Waals surface area contributed by atoms with Crippen LogP contribution >= 0.6 is 11.3 Å². The summed E-state index contributed by atoms with van der Waals surface area (Å²) in [5.74, 6) is 0.986. The predicted octanol–water partition coefficient (Wildman–Crippen LogP) is 4.77. The number of nitrogens with zero attached hydrogens (tertiary/aromatic N) is 4. The number of pyridine rings is 1. The number of thiophene rings is 1. The van der Waals surface area contributed by atoms with Crippen LogP contribution in [-0.2, 0) is 13.1 Å². The molecule has 36 heavy (non-hydrogen) atoms. The van der Waals surface area contributed by atoms with E-state index in [0.29, 0.717) is 12.2 Å². The van der Waals surface area contributed by atoms with Crippen molar-refractivity contribution in [1.82, 2.24) is 19.7 Å². The van der Waals surface area contributed by atoms with Crippen molar-refractivity contribution in [2.75, 3.05) is 46.4 Å². The minimum atomic E-state index is 0.0860. The molecule has 0 aliphatic carbocycles. The van der Waals surface area contributed by atoms with Gasteiger partial charge in [-0.2, -0.15) is 0 Å². The Balaban J connectivity index is 1.02. The monoisotopic (exact) mass is 500 g/mol. The molecule has 186 valence electrons. The molecule has 6 nitrogen and oxygen atoms in total. The number of benzene rings is 2. The van der Waals surface area contributed by atoms with Gasteiger partial charge in [0.05, 0.1) is 0 Å². The van der Waals surface area contributed by atoms with Crippen LogP contribution in [0.2, 0.25) is 0 Å². The number of fused-ring (bicyclic) bond motifs is 1. The molecule has 0 atom stereocenters. The van der Waals surface area contributed by atoms with Gasteiger partial charge in [-0.05, 0) is 54.4 Å². The molecular formula is C29H32N4O2S. The van der Waals surface area contributed by atoms with Gasteiger partial charge in [-0.15, -0.1) is 11.3 Å². The van der Waals surface area contributed by atoms with E-state index in [0.717, 1.165) is 51.6 Å². The van der Waals surface area contributed by atoms with E-state index in [1.54, 1.807) is 24.5 Å². The lowest BCUT2D eigenvalue weighted by Crippen LogP contribution is -2.49. The van der Waals surface area contributed by atoms with Crippen molar-refractivity contribution in [2.24, 2.45) is 0 Å². The number of piperazine rings is 1. The third-order valence-electron chi connectivity index (χ3n) is 6.54. The van der Waals surface area contributed by atoms with Gasteiger partial charge < -0.3 is 9.64 Å². The summed E-state index contributed by atoms with van der Waals surface area (Å²) < 4.78 is 7.35. The fourth-order valence-electron chi connectivity index (χ4n) is 4.58. The summed E-state index contributed by atoms with van der Waals surface area (Å²) in [5, 5.41) is 1.33. The average molecular weight is 501 g/mol. The number of rotatable bonds is 9. The van der Waals surface area contributed by atoms with Crippen molar-refractivity contribution in [2.45, 2.75) is 13.1 Å². The highest BCUT2D eigenvalue weighted by molar-refractivity contribution is 7.19. The lowest BCUT2D eigenvalue weighted by molar-refractivity contribution is 0.0620. The molecule has 7 heteroatoms. The van der Waals surface area contributed by atoms with Crippen LogP contribution in [0, 0.1) is 0 Å². The number of hydrogen-bond donors (Lipinski definition) is 0. The van der Waals surface area contributed by atoms with Gasteiger partial charge in [0.15, 0.2) is 0 Å². The molecule has 1 aliphatic rings. The zero-order chi connectivity index (χ0) is 24.7. The molecule has 1 fully saturated rings. The van der Waals surface area contributed by atoms with Crippen molar-refractivity contribution < 1.29 is 9.53 Å². The first-order valence-corrected chi connectivity index (χ1v) is 13.2. The van der Waals surface area contributed by atoms with Crippen molar-refractivity contribution >= 4 is 27.3 Å². The van der Waals surface area contributed by atoms with Crippen LogP contribution in [0.15, 0.2) is 79.1 Å². The molecule has 3 heterocycles. The van der Waals surface area contributed by atoms with E-state index in [4.69, 9.17) is 4.74 Å². The Morgan fingerprint density at radius 1 is 0.972 bits per heavy atom. The first-order valence-electron chi connectivity index (χ1n) is 12.4. The lowest BCUT2D eigenvalue weighted by Gasteiger charge is -2.34. The topological polar surface area (TPSA) is 48.9 Å². The minimum Gasteiger partial charge on any atom is -0.492 e. The van der Waals surface area contributed by atoms with Crippen LogP contribution < -0.4 is 4.74 Å². The van der Waals surface area contributed by atoms with Crippen LogP contribution in [0.25, 0.3) is 10.1 Å². The van der Waals surface area contributed by atoms with Crippen LogP contribution in [0.3, 0.4) is 0 Å². The highest BCUT2D eigenvalue weighted by Gasteiger charge is 2.21. The Kier molecular flexibility index (Phi) is 7.91. The van der Waals surface area contributed by atoms with Crippen LogP contribution in [0.4, 0.5) is 0 Å². The second kappa shape index (κ2) is 11.6. The molecule has 1 amide bonds. The SMILES string of the molecule is CN(Cc1ccc(OCCN2CCN(C(=O)c3ccncc3)CC2)cc1)Cc1cc2ccccc2s1. The number of hydrogen-bond acceptors (Lipinski definition) is 6. The van der Waals surface area contributed by atoms with Crippen LogP contribution in [0.1, 0.15) is 20.8 Å². The molecule has 0 radical (unpaired) electrons. The Labute approximate surface area is 216 Å². The summed E-state index contributed by atoms with van der Waals surface area (Å²) in [5.41, 5.74) is 1.98. The van der Waals surface area contributed by atoms with Crippen molar-refractivity contribution in [3.63, 3.8) is 0 Å². The molecule has 4 aromatic rings. The fraction of sp³-hybridized carbons (Fsp3) is 0.310. The molecule has 1 saturated heterocycles. The maximum Gasteiger partial charge on any atom is 0.254 e. The maximum atomic E-state index is 12.6. The summed E-state index contributed by atoms with van der Waals surface area (Å²) in [4.78, 5) is 24.6. The summed E-state index contributed by atoms with van der Waals surface area (Å²) in [6, 6.07) is 22.8. The predicted molar refractivity (Wildman–Crippen MR) is 146 cm³/mol. The largest absolute Gasteiger partial charge is 0.492 e. The molecule has 5 rings (SSSR count). The summed E-state index contributed by atoms with van der Waals surface area (Å²) in [7, 11) is 2.17. The van der Waals surface area contributed by atoms with E-state index < -0.39 is 0 Å². The van der Waals surface area contributed by atoms with Gasteiger partial charge in [0.25, 0.3) is 5.91 Å². The van der Waals surface area contributed by atoms with Gasteiger partial charge in [0, 0.05) is 73.3 Å². The molecule has 1 aliphatic heterocycles. The van der Waals surface area contributed by atoms with Gasteiger partial charge in [0.1, 0.15) is 12.4 Å². The van der Waals surface area contributed by atoms with E-state index in [-0.39, 0.29) is 5.91 Å². The van der Waals surface area contributed by atoms with Crippen LogP contribution in [0.5, 0.6) is 5.75 Å². The quantitative estimate of drug-likeness (QED) is 0.332. The van der Waals surface area contributed by atoms with Gasteiger partial charge in [-0.1, -0.05) is 30.3 Å². The Morgan fingerprint density at radius 2 is 1.72 bits per heavy atom. The normalized spacial score (nSPS) is 14.4. The second-order valence-electron chi connectivity index (χ2n) is 9.28. The maximum absolute atomic E-state index is 12.6. The number of carbonyl (C=O) groups is 1. The second-order valence-corrected chi connectivity index (χ2v) is 10.5. The first-order chi connectivity index (χ1) is 17.6. The number of ether oxygens (including phenoxy) is 1. The van der Waals surface area contributed by atoms with E-state index in [9.17, 15) is 4.79 Å². The average Bonchev–Trinajstić information content (AvgIpc) is 3.32. The molecule has 0 unspecified atom stereocenters. The van der Waals surface area contributed by atoms with Crippen molar-refractivity contribution in [3.8, 4) is 5.75 Å². The van der Waals surface area contributed by atoms with Gasteiger partial charge >= 0.3 is 0 Å².